The van der Waals surface area contributed by atoms with Crippen molar-refractivity contribution in [2.24, 2.45) is 5.92 Å². The second-order valence-electron chi connectivity index (χ2n) is 6.49. The van der Waals surface area contributed by atoms with E-state index in [1.807, 2.05) is 0 Å². The van der Waals surface area contributed by atoms with E-state index in [2.05, 4.69) is 4.90 Å². The molecule has 4 aliphatic rings. The van der Waals surface area contributed by atoms with Crippen LogP contribution in [0.2, 0.25) is 0 Å². The fourth-order valence-electron chi connectivity index (χ4n) is 4.07. The van der Waals surface area contributed by atoms with Crippen molar-refractivity contribution >= 4 is 17.7 Å². The molecule has 1 aromatic rings. The van der Waals surface area contributed by atoms with Gasteiger partial charge in [-0.25, -0.2) is 9.69 Å². The molecule has 7 heteroatoms. The second kappa shape index (κ2) is 5.37. The number of hydrogen-bond acceptors (Lipinski definition) is 6. The van der Waals surface area contributed by atoms with Crippen molar-refractivity contribution in [3.63, 3.8) is 0 Å². The summed E-state index contributed by atoms with van der Waals surface area (Å²) in [6.45, 7) is 2.41. The van der Waals surface area contributed by atoms with Gasteiger partial charge < -0.3 is 14.2 Å². The highest BCUT2D eigenvalue weighted by Crippen LogP contribution is 2.45. The number of methoxy groups -OCH3 is 2. The van der Waals surface area contributed by atoms with Gasteiger partial charge in [-0.05, 0) is 38.1 Å². The number of imide groups is 1. The molecule has 1 spiro atoms. The Labute approximate surface area is 140 Å². The number of amides is 2. The summed E-state index contributed by atoms with van der Waals surface area (Å²) in [7, 11) is 3.04. The number of nitrogens with zero attached hydrogens (tertiary/aromatic N) is 2. The molecular weight excluding hydrogens is 312 g/mol. The van der Waals surface area contributed by atoms with E-state index in [0.29, 0.717) is 23.7 Å². The molecule has 128 valence electrons. The van der Waals surface area contributed by atoms with Crippen LogP contribution >= 0.6 is 0 Å². The molecule has 4 fully saturated rings. The van der Waals surface area contributed by atoms with Gasteiger partial charge in [0, 0.05) is 18.5 Å². The number of hydrogen-bond donors (Lipinski definition) is 0. The minimum absolute atomic E-state index is 0.0909. The van der Waals surface area contributed by atoms with Crippen molar-refractivity contribution in [3.05, 3.63) is 18.2 Å². The first-order valence-corrected chi connectivity index (χ1v) is 8.11. The van der Waals surface area contributed by atoms with Crippen LogP contribution in [0, 0.1) is 5.92 Å². The summed E-state index contributed by atoms with van der Waals surface area (Å²) in [5.74, 6) is 0.796. The van der Waals surface area contributed by atoms with Crippen LogP contribution in [0.5, 0.6) is 11.5 Å². The molecular formula is C17H20N2O5. The first kappa shape index (κ1) is 15.3. The highest BCUT2D eigenvalue weighted by molar-refractivity contribution is 6.21. The van der Waals surface area contributed by atoms with E-state index in [-0.39, 0.29) is 11.8 Å². The lowest BCUT2D eigenvalue weighted by molar-refractivity contribution is -0.148. The zero-order valence-electron chi connectivity index (χ0n) is 13.8. The number of ether oxygens (including phenoxy) is 3. The van der Waals surface area contributed by atoms with Gasteiger partial charge in [0.2, 0.25) is 5.60 Å². The number of fused-ring (bicyclic) bond motifs is 2. The number of rotatable bonds is 3. The topological polar surface area (TPSA) is 68.3 Å². The third kappa shape index (κ3) is 2.00. The van der Waals surface area contributed by atoms with Gasteiger partial charge in [0.05, 0.1) is 19.9 Å². The molecule has 1 unspecified atom stereocenters. The maximum absolute atomic E-state index is 13.2. The molecule has 5 rings (SSSR count). The Morgan fingerprint density at radius 2 is 1.92 bits per heavy atom. The summed E-state index contributed by atoms with van der Waals surface area (Å²) in [6, 6.07) is 4.99. The van der Waals surface area contributed by atoms with Crippen molar-refractivity contribution in [3.8, 4) is 11.5 Å². The molecule has 4 saturated heterocycles. The molecule has 1 aromatic carbocycles. The molecule has 0 radical (unpaired) electrons. The molecule has 4 aliphatic heterocycles. The van der Waals surface area contributed by atoms with E-state index in [1.165, 1.54) is 7.11 Å². The lowest BCUT2D eigenvalue weighted by Gasteiger charge is -2.48. The number of carbonyl (C=O) groups excluding carboxylic acids is 2. The van der Waals surface area contributed by atoms with Gasteiger partial charge in [-0.15, -0.1) is 0 Å². The highest BCUT2D eigenvalue weighted by atomic mass is 16.6. The normalized spacial score (nSPS) is 31.5. The summed E-state index contributed by atoms with van der Waals surface area (Å²) in [4.78, 5) is 29.0. The number of benzene rings is 1. The van der Waals surface area contributed by atoms with E-state index >= 15 is 0 Å². The number of anilines is 1. The van der Waals surface area contributed by atoms with Crippen molar-refractivity contribution in [2.45, 2.75) is 18.4 Å². The molecule has 24 heavy (non-hydrogen) atoms. The molecule has 2 bridgehead atoms. The van der Waals surface area contributed by atoms with E-state index < -0.39 is 11.7 Å². The number of carbonyl (C=O) groups is 2. The minimum Gasteiger partial charge on any atom is -0.497 e. The largest absolute Gasteiger partial charge is 0.497 e. The summed E-state index contributed by atoms with van der Waals surface area (Å²) < 4.78 is 16.2. The van der Waals surface area contributed by atoms with Gasteiger partial charge in [0.25, 0.3) is 5.91 Å². The standard InChI is InChI=1S/C17H20N2O5/c1-22-12-3-4-13(14(9-12)23-2)19-15(20)17(24-16(19)21)10-18-7-5-11(17)6-8-18/h3-4,9,11H,5-8,10H2,1-2H3. The predicted molar refractivity (Wildman–Crippen MR) is 85.4 cm³/mol. The van der Waals surface area contributed by atoms with Crippen LogP contribution in [0.25, 0.3) is 0 Å². The van der Waals surface area contributed by atoms with Crippen LogP contribution in [0.3, 0.4) is 0 Å². The Morgan fingerprint density at radius 1 is 1.17 bits per heavy atom. The van der Waals surface area contributed by atoms with Crippen molar-refractivity contribution < 1.29 is 23.8 Å². The lowest BCUT2D eigenvalue weighted by Crippen LogP contribution is -2.63. The number of piperidine rings is 3. The monoisotopic (exact) mass is 332 g/mol. The fourth-order valence-corrected chi connectivity index (χ4v) is 4.07. The molecule has 0 saturated carbocycles. The molecule has 0 aromatic heterocycles. The Hall–Kier alpha value is -2.28. The van der Waals surface area contributed by atoms with Crippen LogP contribution < -0.4 is 14.4 Å². The Bertz CT molecular complexity index is 698. The fraction of sp³-hybridized carbons (Fsp3) is 0.529. The molecule has 7 nitrogen and oxygen atoms in total. The van der Waals surface area contributed by atoms with Crippen LogP contribution in [0.15, 0.2) is 18.2 Å². The molecule has 2 amide bonds. The zero-order chi connectivity index (χ0) is 16.9. The summed E-state index contributed by atoms with van der Waals surface area (Å²) >= 11 is 0. The van der Waals surface area contributed by atoms with Gasteiger partial charge in [0.1, 0.15) is 11.5 Å². The Kier molecular flexibility index (Phi) is 3.42. The summed E-state index contributed by atoms with van der Waals surface area (Å²) in [5.41, 5.74) is -0.653. The average Bonchev–Trinajstić information content (AvgIpc) is 2.85. The summed E-state index contributed by atoms with van der Waals surface area (Å²) in [5, 5.41) is 0. The zero-order valence-corrected chi connectivity index (χ0v) is 13.8. The highest BCUT2D eigenvalue weighted by Gasteiger charge is 2.62. The van der Waals surface area contributed by atoms with E-state index in [0.717, 1.165) is 30.8 Å². The lowest BCUT2D eigenvalue weighted by atomic mass is 9.75. The van der Waals surface area contributed by atoms with Crippen LogP contribution in [-0.2, 0) is 9.53 Å². The maximum atomic E-state index is 13.2. The maximum Gasteiger partial charge on any atom is 0.422 e. The van der Waals surface area contributed by atoms with Crippen LogP contribution in [0.4, 0.5) is 10.5 Å². The van der Waals surface area contributed by atoms with Crippen molar-refractivity contribution in [1.82, 2.24) is 4.90 Å². The van der Waals surface area contributed by atoms with Gasteiger partial charge in [-0.3, -0.25) is 9.69 Å². The summed E-state index contributed by atoms with van der Waals surface area (Å²) in [6.07, 6.45) is 1.14. The van der Waals surface area contributed by atoms with Gasteiger partial charge in [0.15, 0.2) is 0 Å². The molecule has 4 heterocycles. The van der Waals surface area contributed by atoms with Gasteiger partial charge in [-0.1, -0.05) is 0 Å². The Balaban J connectivity index is 1.72. The molecule has 1 atom stereocenters. The second-order valence-corrected chi connectivity index (χ2v) is 6.49. The van der Waals surface area contributed by atoms with Crippen molar-refractivity contribution in [1.29, 1.82) is 0 Å². The van der Waals surface area contributed by atoms with Gasteiger partial charge >= 0.3 is 6.09 Å². The smallest absolute Gasteiger partial charge is 0.422 e. The third-order valence-electron chi connectivity index (χ3n) is 5.35. The first-order valence-electron chi connectivity index (χ1n) is 8.11. The first-order chi connectivity index (χ1) is 11.6. The predicted octanol–water partition coefficient (Wildman–Crippen LogP) is 1.65. The van der Waals surface area contributed by atoms with E-state index in [4.69, 9.17) is 14.2 Å². The minimum atomic E-state index is -1.04. The third-order valence-corrected chi connectivity index (χ3v) is 5.35. The van der Waals surface area contributed by atoms with E-state index in [9.17, 15) is 9.59 Å². The van der Waals surface area contributed by atoms with Gasteiger partial charge in [-0.2, -0.15) is 0 Å². The quantitative estimate of drug-likeness (QED) is 0.838. The molecule has 0 aliphatic carbocycles. The van der Waals surface area contributed by atoms with Crippen LogP contribution in [0.1, 0.15) is 12.8 Å². The SMILES string of the molecule is COc1ccc(N2C(=O)OC3(CN4CCC3CC4)C2=O)c(OC)c1. The average molecular weight is 332 g/mol. The molecule has 0 N–H and O–H groups in total. The van der Waals surface area contributed by atoms with E-state index in [1.54, 1.807) is 25.3 Å². The van der Waals surface area contributed by atoms with Crippen molar-refractivity contribution in [2.75, 3.05) is 38.8 Å². The Morgan fingerprint density at radius 3 is 2.50 bits per heavy atom. The van der Waals surface area contributed by atoms with Crippen LogP contribution in [-0.4, -0.2) is 56.4 Å².